The molecule has 3 rings (SSSR count). The van der Waals surface area contributed by atoms with Crippen molar-refractivity contribution >= 4 is 33.2 Å². The van der Waals surface area contributed by atoms with Crippen molar-refractivity contribution in [2.24, 2.45) is 0 Å². The molecule has 1 aromatic heterocycles. The molecule has 2 aromatic carbocycles. The third kappa shape index (κ3) is 3.79. The first-order valence-corrected chi connectivity index (χ1v) is 9.21. The van der Waals surface area contributed by atoms with Gasteiger partial charge in [-0.1, -0.05) is 35.3 Å². The van der Waals surface area contributed by atoms with E-state index in [-0.39, 0.29) is 16.5 Å². The minimum absolute atomic E-state index is 0.0355. The normalized spacial score (nSPS) is 11.6. The van der Waals surface area contributed by atoms with Gasteiger partial charge in [-0.05, 0) is 35.9 Å². The molecule has 0 aliphatic rings. The van der Waals surface area contributed by atoms with Gasteiger partial charge in [0.2, 0.25) is 10.0 Å². The molecule has 3 aromatic rings. The topological polar surface area (TPSA) is 64.0 Å². The zero-order valence-electron chi connectivity index (χ0n) is 12.4. The number of imidazole rings is 1. The van der Waals surface area contributed by atoms with Crippen LogP contribution in [0.5, 0.6) is 0 Å². The first-order valence-electron chi connectivity index (χ1n) is 6.98. The van der Waals surface area contributed by atoms with E-state index < -0.39 is 10.0 Å². The fourth-order valence-corrected chi connectivity index (χ4v) is 3.92. The molecule has 0 aliphatic heterocycles. The van der Waals surface area contributed by atoms with Gasteiger partial charge in [0, 0.05) is 29.6 Å². The number of hydrogen-bond acceptors (Lipinski definition) is 3. The van der Waals surface area contributed by atoms with Crippen LogP contribution < -0.4 is 4.72 Å². The third-order valence-corrected chi connectivity index (χ3v) is 5.51. The molecular formula is C16H13Cl2N3O2S. The van der Waals surface area contributed by atoms with Crippen molar-refractivity contribution in [2.75, 3.05) is 0 Å². The molecule has 8 heteroatoms. The lowest BCUT2D eigenvalue weighted by molar-refractivity contribution is 0.581. The highest BCUT2D eigenvalue weighted by Gasteiger charge is 2.18. The van der Waals surface area contributed by atoms with Crippen LogP contribution in [0.2, 0.25) is 10.0 Å². The number of benzene rings is 2. The lowest BCUT2D eigenvalue weighted by Crippen LogP contribution is -2.23. The molecule has 124 valence electrons. The van der Waals surface area contributed by atoms with Gasteiger partial charge in [0.15, 0.2) is 0 Å². The van der Waals surface area contributed by atoms with E-state index in [0.29, 0.717) is 5.02 Å². The van der Waals surface area contributed by atoms with Gasteiger partial charge in [-0.25, -0.2) is 18.1 Å². The highest BCUT2D eigenvalue weighted by molar-refractivity contribution is 7.89. The summed E-state index contributed by atoms with van der Waals surface area (Å²) in [7, 11) is -3.75. The van der Waals surface area contributed by atoms with Crippen molar-refractivity contribution in [3.8, 4) is 5.69 Å². The summed E-state index contributed by atoms with van der Waals surface area (Å²) in [4.78, 5) is 3.95. The largest absolute Gasteiger partial charge is 0.306 e. The van der Waals surface area contributed by atoms with Crippen LogP contribution in [-0.2, 0) is 16.6 Å². The molecule has 1 heterocycles. The molecule has 0 aliphatic carbocycles. The molecule has 0 spiro atoms. The predicted octanol–water partition coefficient (Wildman–Crippen LogP) is 3.66. The van der Waals surface area contributed by atoms with Gasteiger partial charge >= 0.3 is 0 Å². The Hall–Kier alpha value is -1.86. The Morgan fingerprint density at radius 1 is 1.08 bits per heavy atom. The Kier molecular flexibility index (Phi) is 4.91. The van der Waals surface area contributed by atoms with E-state index in [9.17, 15) is 8.42 Å². The monoisotopic (exact) mass is 381 g/mol. The molecule has 0 bridgehead atoms. The summed E-state index contributed by atoms with van der Waals surface area (Å²) in [5.74, 6) is 0. The minimum Gasteiger partial charge on any atom is -0.306 e. The lowest BCUT2D eigenvalue weighted by atomic mass is 10.2. The van der Waals surface area contributed by atoms with Crippen LogP contribution in [0.1, 0.15) is 5.56 Å². The Morgan fingerprint density at radius 3 is 2.50 bits per heavy atom. The number of halogens is 2. The van der Waals surface area contributed by atoms with Gasteiger partial charge < -0.3 is 4.57 Å². The van der Waals surface area contributed by atoms with E-state index >= 15 is 0 Å². The molecule has 5 nitrogen and oxygen atoms in total. The molecule has 1 N–H and O–H groups in total. The molecule has 0 atom stereocenters. The first-order chi connectivity index (χ1) is 11.5. The van der Waals surface area contributed by atoms with Crippen LogP contribution in [0.4, 0.5) is 0 Å². The van der Waals surface area contributed by atoms with Crippen molar-refractivity contribution in [3.05, 3.63) is 76.8 Å². The maximum Gasteiger partial charge on any atom is 0.242 e. The standard InChI is InChI=1S/C16H13Cl2N3O2S/c17-13-3-6-15(18)16(9-13)24(22,23)20-10-12-1-4-14(5-2-12)21-8-7-19-11-21/h1-9,11,20H,10H2. The van der Waals surface area contributed by atoms with Crippen LogP contribution in [0, 0.1) is 0 Å². The number of rotatable bonds is 5. The fraction of sp³-hybridized carbons (Fsp3) is 0.0625. The molecule has 0 amide bonds. The lowest BCUT2D eigenvalue weighted by Gasteiger charge is -2.09. The highest BCUT2D eigenvalue weighted by Crippen LogP contribution is 2.25. The molecule has 0 saturated carbocycles. The molecule has 0 saturated heterocycles. The second-order valence-corrected chi connectivity index (χ2v) is 7.61. The zero-order chi connectivity index (χ0) is 17.2. The van der Waals surface area contributed by atoms with Crippen LogP contribution in [-0.4, -0.2) is 18.0 Å². The van der Waals surface area contributed by atoms with E-state index in [2.05, 4.69) is 9.71 Å². The van der Waals surface area contributed by atoms with Gasteiger partial charge in [-0.15, -0.1) is 0 Å². The van der Waals surface area contributed by atoms with Gasteiger partial charge in [0.25, 0.3) is 0 Å². The Bertz CT molecular complexity index is 940. The first kappa shape index (κ1) is 17.0. The quantitative estimate of drug-likeness (QED) is 0.733. The molecule has 0 fully saturated rings. The van der Waals surface area contributed by atoms with Crippen molar-refractivity contribution in [1.29, 1.82) is 0 Å². The van der Waals surface area contributed by atoms with Crippen LogP contribution in [0.25, 0.3) is 5.69 Å². The Labute approximate surface area is 149 Å². The molecule has 0 unspecified atom stereocenters. The Balaban J connectivity index is 1.74. The second kappa shape index (κ2) is 6.94. The van der Waals surface area contributed by atoms with E-state index in [1.165, 1.54) is 18.2 Å². The second-order valence-electron chi connectivity index (χ2n) is 5.04. The summed E-state index contributed by atoms with van der Waals surface area (Å²) >= 11 is 11.8. The predicted molar refractivity (Wildman–Crippen MR) is 94.1 cm³/mol. The number of nitrogens with zero attached hydrogens (tertiary/aromatic N) is 2. The minimum atomic E-state index is -3.75. The third-order valence-electron chi connectivity index (χ3n) is 3.39. The van der Waals surface area contributed by atoms with Crippen LogP contribution >= 0.6 is 23.2 Å². The van der Waals surface area contributed by atoms with Gasteiger partial charge in [0.05, 0.1) is 11.3 Å². The summed E-state index contributed by atoms with van der Waals surface area (Å²) in [5, 5.41) is 0.437. The number of hydrogen-bond donors (Lipinski definition) is 1. The SMILES string of the molecule is O=S(=O)(NCc1ccc(-n2ccnc2)cc1)c1cc(Cl)ccc1Cl. The molecule has 0 radical (unpaired) electrons. The average molecular weight is 382 g/mol. The maximum absolute atomic E-state index is 12.4. The highest BCUT2D eigenvalue weighted by atomic mass is 35.5. The zero-order valence-corrected chi connectivity index (χ0v) is 14.7. The molecule has 24 heavy (non-hydrogen) atoms. The van der Waals surface area contributed by atoms with Gasteiger partial charge in [0.1, 0.15) is 4.90 Å². The fourth-order valence-electron chi connectivity index (χ4n) is 2.14. The molecular weight excluding hydrogens is 369 g/mol. The van der Waals surface area contributed by atoms with E-state index in [0.717, 1.165) is 11.3 Å². The summed E-state index contributed by atoms with van der Waals surface area (Å²) in [6, 6.07) is 11.8. The summed E-state index contributed by atoms with van der Waals surface area (Å²) in [6.45, 7) is 0.148. The van der Waals surface area contributed by atoms with Crippen molar-refractivity contribution in [3.63, 3.8) is 0 Å². The number of sulfonamides is 1. The average Bonchev–Trinajstić information content (AvgIpc) is 3.10. The summed E-state index contributed by atoms with van der Waals surface area (Å²) in [6.07, 6.45) is 5.22. The van der Waals surface area contributed by atoms with Crippen molar-refractivity contribution < 1.29 is 8.42 Å². The summed E-state index contributed by atoms with van der Waals surface area (Å²) < 4.78 is 29.1. The van der Waals surface area contributed by atoms with E-state index in [1.54, 1.807) is 12.5 Å². The van der Waals surface area contributed by atoms with Crippen molar-refractivity contribution in [1.82, 2.24) is 14.3 Å². The van der Waals surface area contributed by atoms with E-state index in [1.807, 2.05) is 35.0 Å². The Morgan fingerprint density at radius 2 is 1.83 bits per heavy atom. The van der Waals surface area contributed by atoms with Gasteiger partial charge in [-0.2, -0.15) is 0 Å². The smallest absolute Gasteiger partial charge is 0.242 e. The van der Waals surface area contributed by atoms with Crippen LogP contribution in [0.3, 0.4) is 0 Å². The van der Waals surface area contributed by atoms with Gasteiger partial charge in [-0.3, -0.25) is 0 Å². The number of nitrogens with one attached hydrogen (secondary N) is 1. The van der Waals surface area contributed by atoms with Crippen LogP contribution in [0.15, 0.2) is 66.1 Å². The van der Waals surface area contributed by atoms with Crippen molar-refractivity contribution in [2.45, 2.75) is 11.4 Å². The van der Waals surface area contributed by atoms with E-state index in [4.69, 9.17) is 23.2 Å². The number of aromatic nitrogens is 2. The maximum atomic E-state index is 12.4. The summed E-state index contributed by atoms with van der Waals surface area (Å²) in [5.41, 5.74) is 1.76.